The second kappa shape index (κ2) is 5.88. The van der Waals surface area contributed by atoms with Gasteiger partial charge in [-0.05, 0) is 26.2 Å². The summed E-state index contributed by atoms with van der Waals surface area (Å²) in [6.45, 7) is 1.79. The third-order valence-corrected chi connectivity index (χ3v) is 4.70. The topological polar surface area (TPSA) is 88.5 Å². The molecule has 1 aromatic rings. The Labute approximate surface area is 121 Å². The minimum absolute atomic E-state index is 0.0125. The Morgan fingerprint density at radius 2 is 2.30 bits per heavy atom. The van der Waals surface area contributed by atoms with E-state index in [0.29, 0.717) is 11.4 Å². The van der Waals surface area contributed by atoms with E-state index < -0.39 is 5.97 Å². The number of carbonyl (C=O) groups excluding carboxylic acids is 1. The summed E-state index contributed by atoms with van der Waals surface area (Å²) in [7, 11) is 1.63. The van der Waals surface area contributed by atoms with E-state index in [0.717, 1.165) is 19.3 Å². The van der Waals surface area contributed by atoms with Crippen LogP contribution >= 0.6 is 11.3 Å². The SMILES string of the molecule is COC1(CC(=O)NC(C)c2nc(C(=O)O)cs2)CCC1. The van der Waals surface area contributed by atoms with Crippen LogP contribution in [0.5, 0.6) is 0 Å². The van der Waals surface area contributed by atoms with Crippen molar-refractivity contribution in [3.63, 3.8) is 0 Å². The molecule has 1 fully saturated rings. The van der Waals surface area contributed by atoms with Gasteiger partial charge in [0.1, 0.15) is 5.01 Å². The van der Waals surface area contributed by atoms with Crippen molar-refractivity contribution in [2.75, 3.05) is 7.11 Å². The van der Waals surface area contributed by atoms with E-state index in [1.165, 1.54) is 16.7 Å². The molecule has 1 atom stereocenters. The van der Waals surface area contributed by atoms with Gasteiger partial charge in [0.25, 0.3) is 0 Å². The number of carboxylic acid groups (broad SMARTS) is 1. The van der Waals surface area contributed by atoms with E-state index in [4.69, 9.17) is 9.84 Å². The van der Waals surface area contributed by atoms with Gasteiger partial charge in [0.15, 0.2) is 5.69 Å². The van der Waals surface area contributed by atoms with Crippen molar-refractivity contribution in [2.45, 2.75) is 44.2 Å². The Morgan fingerprint density at radius 3 is 2.75 bits per heavy atom. The molecule has 1 amide bonds. The fraction of sp³-hybridized carbons (Fsp3) is 0.615. The summed E-state index contributed by atoms with van der Waals surface area (Å²) >= 11 is 1.23. The number of hydrogen-bond donors (Lipinski definition) is 2. The Kier molecular flexibility index (Phi) is 4.39. The quantitative estimate of drug-likeness (QED) is 0.838. The Hall–Kier alpha value is -1.47. The molecule has 0 bridgehead atoms. The highest BCUT2D eigenvalue weighted by molar-refractivity contribution is 7.09. The number of ether oxygens (including phenoxy) is 1. The van der Waals surface area contributed by atoms with E-state index in [2.05, 4.69) is 10.3 Å². The largest absolute Gasteiger partial charge is 0.476 e. The minimum atomic E-state index is -1.06. The van der Waals surface area contributed by atoms with Gasteiger partial charge in [-0.3, -0.25) is 4.79 Å². The smallest absolute Gasteiger partial charge is 0.355 e. The first-order valence-corrected chi connectivity index (χ1v) is 7.37. The van der Waals surface area contributed by atoms with Crippen LogP contribution in [0.4, 0.5) is 0 Å². The monoisotopic (exact) mass is 298 g/mol. The van der Waals surface area contributed by atoms with Gasteiger partial charge in [-0.2, -0.15) is 0 Å². The number of carbonyl (C=O) groups is 2. The summed E-state index contributed by atoms with van der Waals surface area (Å²) in [6, 6.07) is -0.297. The number of rotatable bonds is 6. The van der Waals surface area contributed by atoms with Crippen LogP contribution in [-0.2, 0) is 9.53 Å². The second-order valence-corrected chi connectivity index (χ2v) is 5.97. The van der Waals surface area contributed by atoms with Crippen molar-refractivity contribution in [1.82, 2.24) is 10.3 Å². The average molecular weight is 298 g/mol. The van der Waals surface area contributed by atoms with Crippen LogP contribution in [0.1, 0.15) is 54.1 Å². The highest BCUT2D eigenvalue weighted by Gasteiger charge is 2.39. The molecule has 1 heterocycles. The Balaban J connectivity index is 1.91. The molecule has 20 heavy (non-hydrogen) atoms. The van der Waals surface area contributed by atoms with Crippen LogP contribution in [0.2, 0.25) is 0 Å². The third kappa shape index (κ3) is 3.16. The average Bonchev–Trinajstić information content (AvgIpc) is 2.83. The lowest BCUT2D eigenvalue weighted by Crippen LogP contribution is -2.44. The van der Waals surface area contributed by atoms with E-state index in [1.807, 2.05) is 0 Å². The van der Waals surface area contributed by atoms with Crippen LogP contribution in [0, 0.1) is 0 Å². The Bertz CT molecular complexity index is 505. The van der Waals surface area contributed by atoms with Crippen molar-refractivity contribution in [1.29, 1.82) is 0 Å². The van der Waals surface area contributed by atoms with Gasteiger partial charge in [0.2, 0.25) is 5.91 Å². The second-order valence-electron chi connectivity index (χ2n) is 5.08. The van der Waals surface area contributed by atoms with Crippen LogP contribution in [-0.4, -0.2) is 34.7 Å². The molecule has 6 nitrogen and oxygen atoms in total. The molecule has 0 aromatic carbocycles. The van der Waals surface area contributed by atoms with Crippen LogP contribution in [0.15, 0.2) is 5.38 Å². The number of carboxylic acids is 1. The molecule has 2 rings (SSSR count). The molecular formula is C13H18N2O4S. The molecule has 1 aliphatic rings. The zero-order valence-corrected chi connectivity index (χ0v) is 12.3. The highest BCUT2D eigenvalue weighted by atomic mass is 32.1. The predicted molar refractivity (Wildman–Crippen MR) is 73.8 cm³/mol. The maximum Gasteiger partial charge on any atom is 0.355 e. The molecule has 1 aliphatic carbocycles. The van der Waals surface area contributed by atoms with Gasteiger partial charge >= 0.3 is 5.97 Å². The van der Waals surface area contributed by atoms with Gasteiger partial charge in [-0.15, -0.1) is 11.3 Å². The van der Waals surface area contributed by atoms with Gasteiger partial charge < -0.3 is 15.2 Å². The molecule has 110 valence electrons. The van der Waals surface area contributed by atoms with Crippen molar-refractivity contribution in [2.24, 2.45) is 0 Å². The first-order valence-electron chi connectivity index (χ1n) is 6.49. The first kappa shape index (κ1) is 14.9. The van der Waals surface area contributed by atoms with E-state index >= 15 is 0 Å². The number of amides is 1. The number of aromatic nitrogens is 1. The zero-order valence-electron chi connectivity index (χ0n) is 11.5. The summed E-state index contributed by atoms with van der Waals surface area (Å²) in [4.78, 5) is 26.8. The number of thiazole rings is 1. The highest BCUT2D eigenvalue weighted by Crippen LogP contribution is 2.38. The number of hydrogen-bond acceptors (Lipinski definition) is 5. The first-order chi connectivity index (χ1) is 9.46. The molecule has 0 radical (unpaired) electrons. The lowest BCUT2D eigenvalue weighted by atomic mass is 9.77. The number of methoxy groups -OCH3 is 1. The van der Waals surface area contributed by atoms with Gasteiger partial charge in [0.05, 0.1) is 18.1 Å². The molecule has 0 aliphatic heterocycles. The molecule has 7 heteroatoms. The predicted octanol–water partition coefficient (Wildman–Crippen LogP) is 1.98. The molecule has 2 N–H and O–H groups in total. The van der Waals surface area contributed by atoms with Crippen LogP contribution in [0.25, 0.3) is 0 Å². The fourth-order valence-electron chi connectivity index (χ4n) is 2.26. The van der Waals surface area contributed by atoms with Crippen molar-refractivity contribution >= 4 is 23.2 Å². The Morgan fingerprint density at radius 1 is 1.60 bits per heavy atom. The number of aromatic carboxylic acids is 1. The fourth-order valence-corrected chi connectivity index (χ4v) is 3.06. The van der Waals surface area contributed by atoms with Gasteiger partial charge in [-0.1, -0.05) is 0 Å². The molecule has 0 spiro atoms. The summed E-state index contributed by atoms with van der Waals surface area (Å²) in [5, 5.41) is 13.7. The maximum absolute atomic E-state index is 12.0. The summed E-state index contributed by atoms with van der Waals surface area (Å²) < 4.78 is 5.42. The van der Waals surface area contributed by atoms with Crippen LogP contribution < -0.4 is 5.32 Å². The molecular weight excluding hydrogens is 280 g/mol. The molecule has 0 saturated heterocycles. The number of nitrogens with one attached hydrogen (secondary N) is 1. The maximum atomic E-state index is 12.0. The molecule has 1 unspecified atom stereocenters. The van der Waals surface area contributed by atoms with Gasteiger partial charge in [0, 0.05) is 12.5 Å². The summed E-state index contributed by atoms with van der Waals surface area (Å²) in [5.41, 5.74) is -0.294. The third-order valence-electron chi connectivity index (χ3n) is 3.67. The van der Waals surface area contributed by atoms with Crippen molar-refractivity contribution < 1.29 is 19.4 Å². The van der Waals surface area contributed by atoms with Crippen molar-refractivity contribution in [3.05, 3.63) is 16.1 Å². The van der Waals surface area contributed by atoms with E-state index in [9.17, 15) is 9.59 Å². The van der Waals surface area contributed by atoms with Crippen molar-refractivity contribution in [3.8, 4) is 0 Å². The van der Waals surface area contributed by atoms with Crippen LogP contribution in [0.3, 0.4) is 0 Å². The van der Waals surface area contributed by atoms with Gasteiger partial charge in [-0.25, -0.2) is 9.78 Å². The van der Waals surface area contributed by atoms with E-state index in [1.54, 1.807) is 14.0 Å². The lowest BCUT2D eigenvalue weighted by Gasteiger charge is -2.40. The van der Waals surface area contributed by atoms with E-state index in [-0.39, 0.29) is 23.2 Å². The minimum Gasteiger partial charge on any atom is -0.476 e. The standard InChI is InChI=1S/C13H18N2O4S/c1-8(11-15-9(7-20-11)12(17)18)14-10(16)6-13(19-2)4-3-5-13/h7-8H,3-6H2,1-2H3,(H,14,16)(H,17,18). The molecule has 1 saturated carbocycles. The summed E-state index contributed by atoms with van der Waals surface area (Å²) in [6.07, 6.45) is 3.24. The lowest BCUT2D eigenvalue weighted by molar-refractivity contribution is -0.134. The normalized spacial score (nSPS) is 18.1. The molecule has 1 aromatic heterocycles. The zero-order chi connectivity index (χ0) is 14.8. The summed E-state index contributed by atoms with van der Waals surface area (Å²) in [5.74, 6) is -1.15. The number of nitrogens with zero attached hydrogens (tertiary/aromatic N) is 1.